The van der Waals surface area contributed by atoms with E-state index in [4.69, 9.17) is 12.2 Å². The Balaban J connectivity index is 1.99. The number of carbonyl (C=O) groups excluding carboxylic acids is 2. The van der Waals surface area contributed by atoms with Crippen molar-refractivity contribution in [3.8, 4) is 0 Å². The smallest absolute Gasteiger partial charge is 0.265 e. The van der Waals surface area contributed by atoms with Crippen LogP contribution in [0.2, 0.25) is 0 Å². The van der Waals surface area contributed by atoms with Crippen LogP contribution in [0.1, 0.15) is 44.2 Å². The zero-order valence-corrected chi connectivity index (χ0v) is 17.0. The molecule has 1 saturated heterocycles. The van der Waals surface area contributed by atoms with Gasteiger partial charge < -0.3 is 4.90 Å². The molecule has 1 aromatic rings. The van der Waals surface area contributed by atoms with Gasteiger partial charge in [0.05, 0.1) is 0 Å². The number of rotatable bonds is 3. The third-order valence-electron chi connectivity index (χ3n) is 5.47. The number of thiocarbonyl (C=S) groups is 1. The minimum atomic E-state index is -0.464. The average Bonchev–Trinajstić information content (AvgIpc) is 2.60. The van der Waals surface area contributed by atoms with Crippen LogP contribution in [0.25, 0.3) is 6.08 Å². The van der Waals surface area contributed by atoms with Gasteiger partial charge in [0.2, 0.25) is 0 Å². The molecule has 0 aromatic heterocycles. The van der Waals surface area contributed by atoms with Crippen molar-refractivity contribution < 1.29 is 9.59 Å². The van der Waals surface area contributed by atoms with Crippen molar-refractivity contribution in [3.63, 3.8) is 0 Å². The summed E-state index contributed by atoms with van der Waals surface area (Å²) in [5.41, 5.74) is 3.43. The molecule has 0 spiro atoms. The second-order valence-electron chi connectivity index (χ2n) is 7.82. The van der Waals surface area contributed by atoms with E-state index in [9.17, 15) is 9.59 Å². The number of hydrogen-bond donors (Lipinski definition) is 1. The molecule has 27 heavy (non-hydrogen) atoms. The van der Waals surface area contributed by atoms with Crippen LogP contribution in [0.4, 0.5) is 5.69 Å². The molecule has 3 rings (SSSR count). The van der Waals surface area contributed by atoms with Gasteiger partial charge >= 0.3 is 0 Å². The highest BCUT2D eigenvalue weighted by atomic mass is 32.1. The highest BCUT2D eigenvalue weighted by Gasteiger charge is 2.35. The highest BCUT2D eigenvalue weighted by Crippen LogP contribution is 2.42. The van der Waals surface area contributed by atoms with E-state index in [1.807, 2.05) is 6.07 Å². The molecule has 1 atom stereocenters. The third-order valence-corrected chi connectivity index (χ3v) is 5.79. The van der Waals surface area contributed by atoms with Crippen LogP contribution in [0.3, 0.4) is 0 Å². The van der Waals surface area contributed by atoms with E-state index in [2.05, 4.69) is 56.7 Å². The zero-order chi connectivity index (χ0) is 19.9. The van der Waals surface area contributed by atoms with Gasteiger partial charge in [-0.3, -0.25) is 19.8 Å². The molecule has 0 radical (unpaired) electrons. The van der Waals surface area contributed by atoms with Gasteiger partial charge in [-0.1, -0.05) is 19.1 Å². The topological polar surface area (TPSA) is 52.7 Å². The van der Waals surface area contributed by atoms with Crippen molar-refractivity contribution in [2.45, 2.75) is 38.6 Å². The molecule has 142 valence electrons. The zero-order valence-electron chi connectivity index (χ0n) is 16.2. The third kappa shape index (κ3) is 3.41. The van der Waals surface area contributed by atoms with Crippen LogP contribution in [-0.4, -0.2) is 41.0 Å². The number of carbonyl (C=O) groups is 2. The molecule has 1 aromatic carbocycles. The highest BCUT2D eigenvalue weighted by molar-refractivity contribution is 7.80. The molecule has 0 bridgehead atoms. The molecule has 0 saturated carbocycles. The van der Waals surface area contributed by atoms with Gasteiger partial charge in [0, 0.05) is 24.8 Å². The Bertz CT molecular complexity index is 872. The lowest BCUT2D eigenvalue weighted by Gasteiger charge is -2.45. The molecule has 0 aliphatic carbocycles. The summed E-state index contributed by atoms with van der Waals surface area (Å²) in [5, 5.41) is 2.69. The quantitative estimate of drug-likeness (QED) is 0.377. The molecule has 1 fully saturated rings. The van der Waals surface area contributed by atoms with Gasteiger partial charge in [0.25, 0.3) is 11.8 Å². The Morgan fingerprint density at radius 1 is 1.37 bits per heavy atom. The fourth-order valence-corrected chi connectivity index (χ4v) is 4.09. The Hall–Kier alpha value is -2.47. The number of hydrogen-bond acceptors (Lipinski definition) is 4. The first kappa shape index (κ1) is 19.3. The number of nitrogens with one attached hydrogen (secondary N) is 1. The van der Waals surface area contributed by atoms with Gasteiger partial charge in [-0.05, 0) is 67.7 Å². The van der Waals surface area contributed by atoms with Crippen molar-refractivity contribution in [2.24, 2.45) is 0 Å². The van der Waals surface area contributed by atoms with E-state index in [1.165, 1.54) is 16.2 Å². The van der Waals surface area contributed by atoms with Crippen LogP contribution in [0.5, 0.6) is 0 Å². The summed E-state index contributed by atoms with van der Waals surface area (Å²) in [7, 11) is 2.11. The lowest BCUT2D eigenvalue weighted by molar-refractivity contribution is -0.128. The maximum atomic E-state index is 12.7. The monoisotopic (exact) mass is 383 g/mol. The van der Waals surface area contributed by atoms with E-state index < -0.39 is 11.8 Å². The maximum Gasteiger partial charge on any atom is 0.265 e. The number of fused-ring (bicyclic) bond motifs is 1. The van der Waals surface area contributed by atoms with E-state index in [-0.39, 0.29) is 22.8 Å². The van der Waals surface area contributed by atoms with Crippen LogP contribution >= 0.6 is 12.2 Å². The van der Waals surface area contributed by atoms with Crippen molar-refractivity contribution in [3.05, 3.63) is 47.6 Å². The molecular weight excluding hydrogens is 358 g/mol. The van der Waals surface area contributed by atoms with Crippen LogP contribution in [-0.2, 0) is 9.59 Å². The fraction of sp³-hybridized carbons (Fsp3) is 0.381. The van der Waals surface area contributed by atoms with Crippen molar-refractivity contribution in [1.82, 2.24) is 10.2 Å². The molecular formula is C21H25N3O2S. The Labute approximate surface area is 165 Å². The first-order valence-corrected chi connectivity index (χ1v) is 9.44. The summed E-state index contributed by atoms with van der Waals surface area (Å²) >= 11 is 5.09. The van der Waals surface area contributed by atoms with E-state index in [1.54, 1.807) is 12.2 Å². The summed E-state index contributed by atoms with van der Waals surface area (Å²) in [4.78, 5) is 28.6. The molecule has 2 heterocycles. The maximum absolute atomic E-state index is 12.7. The lowest BCUT2D eigenvalue weighted by Crippen LogP contribution is -2.53. The summed E-state index contributed by atoms with van der Waals surface area (Å²) in [6.07, 6.45) is 4.26. The largest absolute Gasteiger partial charge is 0.369 e. The molecule has 2 aliphatic rings. The lowest BCUT2D eigenvalue weighted by atomic mass is 9.80. The number of anilines is 1. The fourth-order valence-electron chi connectivity index (χ4n) is 3.84. The Morgan fingerprint density at radius 2 is 2.07 bits per heavy atom. The first-order valence-electron chi connectivity index (χ1n) is 9.03. The first-order chi connectivity index (χ1) is 12.7. The summed E-state index contributed by atoms with van der Waals surface area (Å²) < 4.78 is 0. The van der Waals surface area contributed by atoms with Crippen LogP contribution in [0.15, 0.2) is 36.4 Å². The van der Waals surface area contributed by atoms with Gasteiger partial charge in [-0.2, -0.15) is 0 Å². The Kier molecular flexibility index (Phi) is 4.95. The molecule has 1 N–H and O–H groups in total. The van der Waals surface area contributed by atoms with Crippen molar-refractivity contribution in [2.75, 3.05) is 18.5 Å². The minimum Gasteiger partial charge on any atom is -0.369 e. The molecule has 5 nitrogen and oxygen atoms in total. The van der Waals surface area contributed by atoms with Crippen LogP contribution in [0, 0.1) is 0 Å². The predicted molar refractivity (Wildman–Crippen MR) is 113 cm³/mol. The average molecular weight is 384 g/mol. The summed E-state index contributed by atoms with van der Waals surface area (Å²) in [5.74, 6) is -0.465. The van der Waals surface area contributed by atoms with Gasteiger partial charge in [0.15, 0.2) is 5.11 Å². The van der Waals surface area contributed by atoms with Crippen molar-refractivity contribution in [1.29, 1.82) is 0 Å². The molecule has 2 aliphatic heterocycles. The van der Waals surface area contributed by atoms with Gasteiger partial charge in [0.1, 0.15) is 5.57 Å². The minimum absolute atomic E-state index is 0.0857. The number of amides is 2. The summed E-state index contributed by atoms with van der Waals surface area (Å²) in [6, 6.07) is 6.09. The number of benzene rings is 1. The molecule has 6 heteroatoms. The van der Waals surface area contributed by atoms with E-state index in [0.29, 0.717) is 5.92 Å². The van der Waals surface area contributed by atoms with Crippen LogP contribution < -0.4 is 10.2 Å². The molecule has 2 amide bonds. The van der Waals surface area contributed by atoms with Gasteiger partial charge in [-0.25, -0.2) is 0 Å². The second-order valence-corrected chi connectivity index (χ2v) is 8.20. The SMILES string of the molecule is C=CCN1C(=O)/C(=C\c2ccc3c(c2)[C@@H](C)CC(C)(C)N3C)C(=O)NC1=S. The number of nitrogens with zero attached hydrogens (tertiary/aromatic N) is 2. The van der Waals surface area contributed by atoms with Gasteiger partial charge in [-0.15, -0.1) is 6.58 Å². The standard InChI is InChI=1S/C21H25N3O2S/c1-6-9-24-19(26)16(18(25)22-20(24)27)11-14-7-8-17-15(10-14)13(2)12-21(3,4)23(17)5/h6-8,10-11,13H,1,9,12H2,2-5H3,(H,22,25,27)/b16-11-/t13-/m0/s1. The second kappa shape index (κ2) is 6.93. The molecule has 0 unspecified atom stereocenters. The summed E-state index contributed by atoms with van der Waals surface area (Å²) in [6.45, 7) is 10.6. The predicted octanol–water partition coefficient (Wildman–Crippen LogP) is 3.22. The van der Waals surface area contributed by atoms with Crippen molar-refractivity contribution >= 4 is 40.9 Å². The van der Waals surface area contributed by atoms with E-state index >= 15 is 0 Å². The normalized spacial score (nSPS) is 23.3. The van der Waals surface area contributed by atoms with E-state index in [0.717, 1.165) is 12.0 Å². The Morgan fingerprint density at radius 3 is 2.74 bits per heavy atom.